The zero-order chi connectivity index (χ0) is 20.9. The number of amides is 1. The number of halogens is 1. The average molecular weight is 450 g/mol. The highest BCUT2D eigenvalue weighted by atomic mass is 79.9. The molecule has 0 unspecified atom stereocenters. The van der Waals surface area contributed by atoms with Gasteiger partial charge < -0.3 is 9.84 Å². The fraction of sp³-hybridized carbons (Fsp3) is 0.263. The molecule has 0 atom stereocenters. The molecule has 9 heteroatoms. The molecular weight excluding hydrogens is 430 g/mol. The number of aromatic hydroxyl groups is 1. The summed E-state index contributed by atoms with van der Waals surface area (Å²) in [4.78, 5) is 22.0. The fourth-order valence-electron chi connectivity index (χ4n) is 2.19. The van der Waals surface area contributed by atoms with Crippen LogP contribution in [0.15, 0.2) is 46.0 Å². The van der Waals surface area contributed by atoms with E-state index in [1.807, 2.05) is 12.1 Å². The van der Waals surface area contributed by atoms with Gasteiger partial charge in [-0.1, -0.05) is 26.8 Å². The van der Waals surface area contributed by atoms with Crippen molar-refractivity contribution in [2.45, 2.75) is 26.2 Å². The number of non-ortho nitro benzene ring substituents is 1. The normalized spacial score (nSPS) is 11.4. The Hall–Kier alpha value is -2.94. The quantitative estimate of drug-likeness (QED) is 0.394. The molecule has 8 nitrogen and oxygen atoms in total. The highest BCUT2D eigenvalue weighted by Gasteiger charge is 2.15. The van der Waals surface area contributed by atoms with Gasteiger partial charge in [-0.15, -0.1) is 0 Å². The molecule has 2 aromatic carbocycles. The highest BCUT2D eigenvalue weighted by Crippen LogP contribution is 2.31. The minimum Gasteiger partial charge on any atom is -0.507 e. The van der Waals surface area contributed by atoms with E-state index >= 15 is 0 Å². The molecule has 148 valence electrons. The molecule has 2 rings (SSSR count). The standard InChI is InChI=1S/C19H20BrN3O5/c1-19(2,3)13-4-7-17(15(20)9-13)28-11-18(25)22-21-10-12-8-14(23(26)27)5-6-16(12)24/h4-10,24H,11H2,1-3H3,(H,22,25). The van der Waals surface area contributed by atoms with Crippen molar-refractivity contribution in [2.24, 2.45) is 5.10 Å². The molecule has 0 radical (unpaired) electrons. The lowest BCUT2D eigenvalue weighted by atomic mass is 9.87. The molecule has 1 amide bonds. The summed E-state index contributed by atoms with van der Waals surface area (Å²) in [6.45, 7) is 6.02. The maximum absolute atomic E-state index is 11.9. The Balaban J connectivity index is 1.94. The fourth-order valence-corrected chi connectivity index (χ4v) is 2.69. The Bertz CT molecular complexity index is 922. The second-order valence-corrected chi connectivity index (χ2v) is 7.83. The van der Waals surface area contributed by atoms with Crippen LogP contribution in [0.1, 0.15) is 31.9 Å². The van der Waals surface area contributed by atoms with Crippen LogP contribution in [0.25, 0.3) is 0 Å². The second-order valence-electron chi connectivity index (χ2n) is 6.98. The van der Waals surface area contributed by atoms with Crippen molar-refractivity contribution in [2.75, 3.05) is 6.61 Å². The van der Waals surface area contributed by atoms with Gasteiger partial charge in [0.25, 0.3) is 11.6 Å². The van der Waals surface area contributed by atoms with Gasteiger partial charge in [-0.25, -0.2) is 5.43 Å². The van der Waals surface area contributed by atoms with Crippen LogP contribution in [-0.4, -0.2) is 28.8 Å². The van der Waals surface area contributed by atoms with E-state index in [1.54, 1.807) is 6.07 Å². The second kappa shape index (κ2) is 8.83. The third-order valence-electron chi connectivity index (χ3n) is 3.77. The summed E-state index contributed by atoms with van der Waals surface area (Å²) in [7, 11) is 0. The van der Waals surface area contributed by atoms with E-state index in [1.165, 1.54) is 12.1 Å². The zero-order valence-corrected chi connectivity index (χ0v) is 17.2. The smallest absolute Gasteiger partial charge is 0.277 e. The summed E-state index contributed by atoms with van der Waals surface area (Å²) in [5, 5.41) is 24.1. The predicted molar refractivity (Wildman–Crippen MR) is 109 cm³/mol. The van der Waals surface area contributed by atoms with Gasteiger partial charge in [-0.2, -0.15) is 5.10 Å². The van der Waals surface area contributed by atoms with Gasteiger partial charge in [0.2, 0.25) is 0 Å². The molecule has 0 aliphatic rings. The van der Waals surface area contributed by atoms with Crippen LogP contribution in [-0.2, 0) is 10.2 Å². The molecule has 0 saturated carbocycles. The molecule has 0 spiro atoms. The van der Waals surface area contributed by atoms with Gasteiger partial charge in [0.15, 0.2) is 6.61 Å². The van der Waals surface area contributed by atoms with Gasteiger partial charge in [-0.3, -0.25) is 14.9 Å². The van der Waals surface area contributed by atoms with Crippen molar-refractivity contribution in [1.29, 1.82) is 0 Å². The molecule has 0 fully saturated rings. The molecule has 2 aromatic rings. The molecule has 0 bridgehead atoms. The maximum atomic E-state index is 11.9. The first kappa shape index (κ1) is 21.4. The minimum absolute atomic E-state index is 0.00872. The first-order valence-electron chi connectivity index (χ1n) is 8.30. The summed E-state index contributed by atoms with van der Waals surface area (Å²) in [5.74, 6) is -0.195. The summed E-state index contributed by atoms with van der Waals surface area (Å²) < 4.78 is 6.21. The number of nitro benzene ring substituents is 1. The number of benzene rings is 2. The molecule has 0 aromatic heterocycles. The molecule has 2 N–H and O–H groups in total. The van der Waals surface area contributed by atoms with Crippen LogP contribution in [0, 0.1) is 10.1 Å². The number of rotatable bonds is 6. The summed E-state index contributed by atoms with van der Waals surface area (Å²) in [6.07, 6.45) is 1.12. The lowest BCUT2D eigenvalue weighted by molar-refractivity contribution is -0.384. The number of carbonyl (C=O) groups excluding carboxylic acids is 1. The number of phenolic OH excluding ortho intramolecular Hbond substituents is 1. The van der Waals surface area contributed by atoms with Crippen molar-refractivity contribution in [3.05, 3.63) is 62.1 Å². The van der Waals surface area contributed by atoms with Crippen LogP contribution < -0.4 is 10.2 Å². The van der Waals surface area contributed by atoms with E-state index in [0.29, 0.717) is 5.75 Å². The average Bonchev–Trinajstić information content (AvgIpc) is 2.61. The van der Waals surface area contributed by atoms with Crippen LogP contribution in [0.3, 0.4) is 0 Å². The van der Waals surface area contributed by atoms with Gasteiger partial charge in [0.05, 0.1) is 15.6 Å². The molecule has 0 saturated heterocycles. The highest BCUT2D eigenvalue weighted by molar-refractivity contribution is 9.10. The van der Waals surface area contributed by atoms with E-state index in [9.17, 15) is 20.0 Å². The summed E-state index contributed by atoms with van der Waals surface area (Å²) in [6, 6.07) is 9.15. The van der Waals surface area contributed by atoms with E-state index in [0.717, 1.165) is 22.3 Å². The number of phenols is 1. The number of nitro groups is 1. The van der Waals surface area contributed by atoms with Gasteiger partial charge in [0, 0.05) is 17.7 Å². The van der Waals surface area contributed by atoms with Crippen LogP contribution in [0.4, 0.5) is 5.69 Å². The summed E-state index contributed by atoms with van der Waals surface area (Å²) >= 11 is 3.43. The minimum atomic E-state index is -0.591. The number of nitrogens with one attached hydrogen (secondary N) is 1. The van der Waals surface area contributed by atoms with Crippen LogP contribution in [0.2, 0.25) is 0 Å². The Morgan fingerprint density at radius 2 is 2.04 bits per heavy atom. The van der Waals surface area contributed by atoms with Crippen molar-refractivity contribution in [3.8, 4) is 11.5 Å². The third-order valence-corrected chi connectivity index (χ3v) is 4.39. The van der Waals surface area contributed by atoms with Gasteiger partial charge in [-0.05, 0) is 45.1 Å². The monoisotopic (exact) mass is 449 g/mol. The molecule has 0 aliphatic heterocycles. The molecular formula is C19H20BrN3O5. The number of nitrogens with zero attached hydrogens (tertiary/aromatic N) is 2. The Morgan fingerprint density at radius 3 is 2.64 bits per heavy atom. The van der Waals surface area contributed by atoms with Gasteiger partial charge >= 0.3 is 0 Å². The van der Waals surface area contributed by atoms with Crippen molar-refractivity contribution in [3.63, 3.8) is 0 Å². The van der Waals surface area contributed by atoms with E-state index in [4.69, 9.17) is 4.74 Å². The van der Waals surface area contributed by atoms with Crippen LogP contribution >= 0.6 is 15.9 Å². The Morgan fingerprint density at radius 1 is 1.32 bits per heavy atom. The van der Waals surface area contributed by atoms with Gasteiger partial charge in [0.1, 0.15) is 11.5 Å². The Kier molecular flexibility index (Phi) is 6.74. The SMILES string of the molecule is CC(C)(C)c1ccc(OCC(=O)NN=Cc2cc([N+](=O)[O-])ccc2O)c(Br)c1. The molecule has 28 heavy (non-hydrogen) atoms. The topological polar surface area (TPSA) is 114 Å². The number of carbonyl (C=O) groups is 1. The summed E-state index contributed by atoms with van der Waals surface area (Å²) in [5.41, 5.74) is 3.27. The van der Waals surface area contributed by atoms with E-state index in [-0.39, 0.29) is 29.0 Å². The van der Waals surface area contributed by atoms with E-state index < -0.39 is 10.8 Å². The molecule has 0 heterocycles. The van der Waals surface area contributed by atoms with Crippen molar-refractivity contribution >= 4 is 33.7 Å². The van der Waals surface area contributed by atoms with Crippen molar-refractivity contribution in [1.82, 2.24) is 5.43 Å². The lowest BCUT2D eigenvalue weighted by Crippen LogP contribution is -2.24. The lowest BCUT2D eigenvalue weighted by Gasteiger charge is -2.20. The zero-order valence-electron chi connectivity index (χ0n) is 15.6. The first-order valence-corrected chi connectivity index (χ1v) is 9.09. The first-order chi connectivity index (χ1) is 13.1. The predicted octanol–water partition coefficient (Wildman–Crippen LogP) is 3.89. The number of hydrogen-bond donors (Lipinski definition) is 2. The largest absolute Gasteiger partial charge is 0.507 e. The Labute approximate surface area is 170 Å². The number of hydrogen-bond acceptors (Lipinski definition) is 6. The number of ether oxygens (including phenoxy) is 1. The molecule has 0 aliphatic carbocycles. The number of hydrazone groups is 1. The maximum Gasteiger partial charge on any atom is 0.277 e. The van der Waals surface area contributed by atoms with Crippen LogP contribution in [0.5, 0.6) is 11.5 Å². The van der Waals surface area contributed by atoms with Crippen molar-refractivity contribution < 1.29 is 19.6 Å². The third kappa shape index (κ3) is 5.78. The van der Waals surface area contributed by atoms with E-state index in [2.05, 4.69) is 47.2 Å².